The molecule has 0 aromatic heterocycles. The van der Waals surface area contributed by atoms with Gasteiger partial charge in [-0.15, -0.1) is 0 Å². The van der Waals surface area contributed by atoms with E-state index in [-0.39, 0.29) is 6.04 Å². The summed E-state index contributed by atoms with van der Waals surface area (Å²) in [7, 11) is 0. The molecule has 2 heterocycles. The van der Waals surface area contributed by atoms with Crippen molar-refractivity contribution in [3.8, 4) is 0 Å². The highest BCUT2D eigenvalue weighted by molar-refractivity contribution is 9.10. The van der Waals surface area contributed by atoms with Crippen LogP contribution in [0.2, 0.25) is 0 Å². The minimum Gasteiger partial charge on any atom is -0.480 e. The van der Waals surface area contributed by atoms with Crippen LogP contribution in [0.3, 0.4) is 0 Å². The van der Waals surface area contributed by atoms with E-state index in [0.717, 1.165) is 49.8 Å². The molecule has 2 fully saturated rings. The molecule has 2 aliphatic heterocycles. The van der Waals surface area contributed by atoms with E-state index >= 15 is 0 Å². The van der Waals surface area contributed by atoms with Crippen LogP contribution in [0, 0.1) is 0 Å². The highest BCUT2D eigenvalue weighted by atomic mass is 79.9. The van der Waals surface area contributed by atoms with Crippen molar-refractivity contribution < 1.29 is 9.90 Å². The fourth-order valence-electron chi connectivity index (χ4n) is 3.62. The Hall–Kier alpha value is -1.07. The van der Waals surface area contributed by atoms with Crippen LogP contribution in [0.15, 0.2) is 28.7 Å². The maximum Gasteiger partial charge on any atom is 0.320 e. The summed E-state index contributed by atoms with van der Waals surface area (Å²) in [5, 5.41) is 9.32. The molecule has 5 heteroatoms. The number of carboxylic acid groups (broad SMARTS) is 1. The minimum atomic E-state index is -0.651. The number of rotatable bonds is 3. The molecule has 1 aromatic carbocycles. The van der Waals surface area contributed by atoms with Gasteiger partial charge in [-0.25, -0.2) is 0 Å². The van der Waals surface area contributed by atoms with Gasteiger partial charge >= 0.3 is 5.97 Å². The van der Waals surface area contributed by atoms with Gasteiger partial charge in [-0.1, -0.05) is 22.0 Å². The lowest BCUT2D eigenvalue weighted by atomic mass is 10.0. The predicted molar refractivity (Wildman–Crippen MR) is 86.7 cm³/mol. The number of anilines is 1. The summed E-state index contributed by atoms with van der Waals surface area (Å²) in [6.07, 6.45) is 3.93. The van der Waals surface area contributed by atoms with Crippen molar-refractivity contribution in [1.29, 1.82) is 0 Å². The molecule has 1 N–H and O–H groups in total. The second-order valence-electron chi connectivity index (χ2n) is 5.93. The fraction of sp³-hybridized carbons (Fsp3) is 0.562. The molecule has 0 saturated carbocycles. The third kappa shape index (κ3) is 3.24. The van der Waals surface area contributed by atoms with Gasteiger partial charge in [0.2, 0.25) is 0 Å². The number of aliphatic carboxylic acids is 1. The first kappa shape index (κ1) is 14.9. The van der Waals surface area contributed by atoms with E-state index in [1.54, 1.807) is 0 Å². The van der Waals surface area contributed by atoms with Crippen LogP contribution in [0.1, 0.15) is 25.7 Å². The average Bonchev–Trinajstić information content (AvgIpc) is 2.97. The lowest BCUT2D eigenvalue weighted by molar-refractivity contribution is -0.143. The first-order valence-corrected chi connectivity index (χ1v) is 8.43. The molecule has 21 heavy (non-hydrogen) atoms. The lowest BCUT2D eigenvalue weighted by Gasteiger charge is -2.39. The molecule has 0 radical (unpaired) electrons. The minimum absolute atomic E-state index is 0.257. The van der Waals surface area contributed by atoms with Gasteiger partial charge in [0, 0.05) is 29.3 Å². The van der Waals surface area contributed by atoms with Crippen molar-refractivity contribution in [2.45, 2.75) is 37.8 Å². The Kier molecular flexibility index (Phi) is 4.50. The van der Waals surface area contributed by atoms with Gasteiger partial charge in [0.25, 0.3) is 0 Å². The van der Waals surface area contributed by atoms with Crippen LogP contribution in [-0.2, 0) is 4.79 Å². The molecule has 0 spiro atoms. The normalized spacial score (nSPS) is 24.4. The molecule has 0 aliphatic carbocycles. The Balaban J connectivity index is 1.61. The first-order chi connectivity index (χ1) is 10.1. The van der Waals surface area contributed by atoms with Crippen molar-refractivity contribution in [2.75, 3.05) is 24.5 Å². The predicted octanol–water partition coefficient (Wildman–Crippen LogP) is 2.97. The SMILES string of the molecule is O=C(O)[C@@H]1CCCN1C1CCN(c2cccc(Br)c2)CC1. The maximum atomic E-state index is 11.3. The summed E-state index contributed by atoms with van der Waals surface area (Å²) in [6, 6.07) is 8.56. The van der Waals surface area contributed by atoms with E-state index in [0.29, 0.717) is 6.04 Å². The molecule has 114 valence electrons. The average molecular weight is 353 g/mol. The summed E-state index contributed by atoms with van der Waals surface area (Å²) >= 11 is 3.52. The smallest absolute Gasteiger partial charge is 0.320 e. The molecule has 0 amide bonds. The standard InChI is InChI=1S/C16H21BrN2O2/c17-12-3-1-4-14(11-12)18-9-6-13(7-10-18)19-8-2-5-15(19)16(20)21/h1,3-4,11,13,15H,2,5-10H2,(H,20,21)/t15-/m0/s1. The number of hydrogen-bond donors (Lipinski definition) is 1. The van der Waals surface area contributed by atoms with Crippen molar-refractivity contribution in [3.63, 3.8) is 0 Å². The molecule has 0 bridgehead atoms. The molecule has 4 nitrogen and oxygen atoms in total. The topological polar surface area (TPSA) is 43.8 Å². The second-order valence-corrected chi connectivity index (χ2v) is 6.85. The zero-order chi connectivity index (χ0) is 14.8. The number of carboxylic acids is 1. The van der Waals surface area contributed by atoms with E-state index in [1.807, 2.05) is 6.07 Å². The zero-order valence-electron chi connectivity index (χ0n) is 12.0. The quantitative estimate of drug-likeness (QED) is 0.908. The lowest BCUT2D eigenvalue weighted by Crippen LogP contribution is -2.48. The summed E-state index contributed by atoms with van der Waals surface area (Å²) in [5.74, 6) is -0.651. The summed E-state index contributed by atoms with van der Waals surface area (Å²) in [6.45, 7) is 2.95. The Morgan fingerprint density at radius 3 is 2.62 bits per heavy atom. The molecule has 2 saturated heterocycles. The van der Waals surface area contributed by atoms with E-state index in [4.69, 9.17) is 0 Å². The number of carbonyl (C=O) groups is 1. The number of nitrogens with zero attached hydrogens (tertiary/aromatic N) is 2. The number of piperidine rings is 1. The van der Waals surface area contributed by atoms with Crippen LogP contribution in [0.4, 0.5) is 5.69 Å². The summed E-state index contributed by atoms with van der Waals surface area (Å²) < 4.78 is 1.10. The third-order valence-corrected chi connectivity index (χ3v) is 5.18. The first-order valence-electron chi connectivity index (χ1n) is 7.64. The highest BCUT2D eigenvalue weighted by Crippen LogP contribution is 2.29. The Labute approximate surface area is 133 Å². The van der Waals surface area contributed by atoms with Crippen LogP contribution in [0.25, 0.3) is 0 Å². The monoisotopic (exact) mass is 352 g/mol. The van der Waals surface area contributed by atoms with Gasteiger partial charge in [-0.05, 0) is 50.4 Å². The Morgan fingerprint density at radius 1 is 1.19 bits per heavy atom. The van der Waals surface area contributed by atoms with Crippen molar-refractivity contribution in [2.24, 2.45) is 0 Å². The van der Waals surface area contributed by atoms with Gasteiger partial charge in [0.05, 0.1) is 0 Å². The van der Waals surface area contributed by atoms with E-state index in [1.165, 1.54) is 5.69 Å². The fourth-order valence-corrected chi connectivity index (χ4v) is 4.01. The highest BCUT2D eigenvalue weighted by Gasteiger charge is 2.36. The van der Waals surface area contributed by atoms with Gasteiger partial charge in [-0.3, -0.25) is 9.69 Å². The molecular weight excluding hydrogens is 332 g/mol. The van der Waals surface area contributed by atoms with E-state index in [2.05, 4.69) is 43.9 Å². The molecule has 2 aliphatic rings. The van der Waals surface area contributed by atoms with Gasteiger partial charge < -0.3 is 10.0 Å². The van der Waals surface area contributed by atoms with Gasteiger partial charge in [0.15, 0.2) is 0 Å². The van der Waals surface area contributed by atoms with E-state index in [9.17, 15) is 9.90 Å². The maximum absolute atomic E-state index is 11.3. The molecular formula is C16H21BrN2O2. The van der Waals surface area contributed by atoms with Gasteiger partial charge in [0.1, 0.15) is 6.04 Å². The Bertz CT molecular complexity index is 515. The molecule has 3 rings (SSSR count). The van der Waals surface area contributed by atoms with Crippen molar-refractivity contribution >= 4 is 27.6 Å². The summed E-state index contributed by atoms with van der Waals surface area (Å²) in [5.41, 5.74) is 1.25. The number of hydrogen-bond acceptors (Lipinski definition) is 3. The number of likely N-dealkylation sites (tertiary alicyclic amines) is 1. The number of benzene rings is 1. The Morgan fingerprint density at radius 2 is 1.95 bits per heavy atom. The molecule has 1 aromatic rings. The largest absolute Gasteiger partial charge is 0.480 e. The number of halogens is 1. The molecule has 1 atom stereocenters. The van der Waals surface area contributed by atoms with Gasteiger partial charge in [-0.2, -0.15) is 0 Å². The second kappa shape index (κ2) is 6.36. The third-order valence-electron chi connectivity index (χ3n) is 4.69. The van der Waals surface area contributed by atoms with Crippen LogP contribution in [-0.4, -0.2) is 47.7 Å². The van der Waals surface area contributed by atoms with Crippen LogP contribution < -0.4 is 4.90 Å². The summed E-state index contributed by atoms with van der Waals surface area (Å²) in [4.78, 5) is 15.9. The van der Waals surface area contributed by atoms with Crippen molar-refractivity contribution in [3.05, 3.63) is 28.7 Å². The van der Waals surface area contributed by atoms with Crippen molar-refractivity contribution in [1.82, 2.24) is 4.90 Å². The van der Waals surface area contributed by atoms with Crippen LogP contribution >= 0.6 is 15.9 Å². The van der Waals surface area contributed by atoms with E-state index < -0.39 is 5.97 Å². The zero-order valence-corrected chi connectivity index (χ0v) is 13.6. The molecule has 0 unspecified atom stereocenters. The van der Waals surface area contributed by atoms with Crippen LogP contribution in [0.5, 0.6) is 0 Å².